The minimum Gasteiger partial charge on any atom is -0.382 e. The number of anilines is 1. The molecule has 0 unspecified atom stereocenters. The summed E-state index contributed by atoms with van der Waals surface area (Å²) in [6, 6.07) is 2.69. The van der Waals surface area contributed by atoms with E-state index in [0.29, 0.717) is 10.4 Å². The van der Waals surface area contributed by atoms with Gasteiger partial charge in [-0.15, -0.1) is 0 Å². The van der Waals surface area contributed by atoms with Gasteiger partial charge >= 0.3 is 0 Å². The Hall–Kier alpha value is -1.89. The molecule has 0 spiro atoms. The van der Waals surface area contributed by atoms with Crippen molar-refractivity contribution in [3.8, 4) is 0 Å². The van der Waals surface area contributed by atoms with Crippen molar-refractivity contribution >= 4 is 34.0 Å². The molecule has 96 valence electrons. The molecule has 8 heteroatoms. The summed E-state index contributed by atoms with van der Waals surface area (Å²) >= 11 is 5.96. The fraction of sp³-hybridized carbons (Fsp3) is 0.300. The van der Waals surface area contributed by atoms with Crippen LogP contribution in [0.2, 0.25) is 5.02 Å². The fourth-order valence-electron chi connectivity index (χ4n) is 1.81. The van der Waals surface area contributed by atoms with Gasteiger partial charge in [-0.2, -0.15) is 5.10 Å². The molecule has 2 rings (SSSR count). The smallest absolute Gasteiger partial charge is 0.295 e. The number of hydrogen-bond donors (Lipinski definition) is 1. The van der Waals surface area contributed by atoms with Crippen LogP contribution in [-0.2, 0) is 6.54 Å². The monoisotopic (exact) mass is 272 g/mol. The van der Waals surface area contributed by atoms with E-state index in [-0.39, 0.29) is 30.0 Å². The number of hydrogen-bond acceptors (Lipinski definition) is 4. The van der Waals surface area contributed by atoms with Gasteiger partial charge in [0.2, 0.25) is 0 Å². The minimum atomic E-state index is -0.536. The molecule has 0 aliphatic heterocycles. The molecule has 0 saturated carbocycles. The largest absolute Gasteiger partial charge is 0.382 e. The molecule has 2 N–H and O–H groups in total. The second-order valence-electron chi connectivity index (χ2n) is 3.70. The van der Waals surface area contributed by atoms with Crippen LogP contribution in [0, 0.1) is 10.1 Å². The van der Waals surface area contributed by atoms with Crippen molar-refractivity contribution in [2.24, 2.45) is 0 Å². The van der Waals surface area contributed by atoms with Crippen LogP contribution in [0.5, 0.6) is 0 Å². The molecule has 6 nitrogen and oxygen atoms in total. The Balaban J connectivity index is 2.72. The van der Waals surface area contributed by atoms with Gasteiger partial charge in [0, 0.05) is 12.6 Å². The molecule has 0 bridgehead atoms. The van der Waals surface area contributed by atoms with Gasteiger partial charge in [0.25, 0.3) is 5.69 Å². The molecule has 0 aliphatic rings. The topological polar surface area (TPSA) is 87.0 Å². The lowest BCUT2D eigenvalue weighted by atomic mass is 10.2. The van der Waals surface area contributed by atoms with Gasteiger partial charge in [0.05, 0.1) is 22.0 Å². The molecular formula is C10H10ClFN4O2. The van der Waals surface area contributed by atoms with E-state index < -0.39 is 11.6 Å². The SMILES string of the molecule is Nc1nn(CCCF)c2c([N+](=O)[O-])ccc(Cl)c12. The number of nitro benzene ring substituents is 1. The highest BCUT2D eigenvalue weighted by atomic mass is 35.5. The zero-order valence-electron chi connectivity index (χ0n) is 9.27. The molecule has 1 aromatic heterocycles. The fourth-order valence-corrected chi connectivity index (χ4v) is 2.06. The molecule has 0 atom stereocenters. The predicted octanol–water partition coefficient (Wildman–Crippen LogP) is 2.54. The molecule has 0 radical (unpaired) electrons. The average molecular weight is 273 g/mol. The quantitative estimate of drug-likeness (QED) is 0.684. The van der Waals surface area contributed by atoms with E-state index in [1.54, 1.807) is 0 Å². The number of halogens is 2. The predicted molar refractivity (Wildman–Crippen MR) is 66.4 cm³/mol. The van der Waals surface area contributed by atoms with E-state index in [4.69, 9.17) is 17.3 Å². The van der Waals surface area contributed by atoms with Crippen molar-refractivity contribution in [3.05, 3.63) is 27.3 Å². The number of nitro groups is 1. The van der Waals surface area contributed by atoms with Gasteiger partial charge in [-0.1, -0.05) is 11.6 Å². The molecule has 2 aromatic rings. The Labute approximate surface area is 106 Å². The molecule has 0 aliphatic carbocycles. The highest BCUT2D eigenvalue weighted by molar-refractivity contribution is 6.36. The molecule has 1 heterocycles. The average Bonchev–Trinajstić information content (AvgIpc) is 2.65. The van der Waals surface area contributed by atoms with Crippen molar-refractivity contribution < 1.29 is 9.31 Å². The molecule has 0 amide bonds. The van der Waals surface area contributed by atoms with E-state index in [0.717, 1.165) is 0 Å². The highest BCUT2D eigenvalue weighted by Crippen LogP contribution is 2.34. The van der Waals surface area contributed by atoms with E-state index in [1.807, 2.05) is 0 Å². The van der Waals surface area contributed by atoms with Crippen LogP contribution in [0.25, 0.3) is 10.9 Å². The lowest BCUT2D eigenvalue weighted by Gasteiger charge is -2.02. The third-order valence-electron chi connectivity index (χ3n) is 2.55. The summed E-state index contributed by atoms with van der Waals surface area (Å²) in [5.74, 6) is 0.109. The van der Waals surface area contributed by atoms with Crippen LogP contribution in [0.4, 0.5) is 15.9 Å². The number of aryl methyl sites for hydroxylation is 1. The Kier molecular flexibility index (Phi) is 3.33. The van der Waals surface area contributed by atoms with Gasteiger partial charge in [-0.05, 0) is 12.5 Å². The van der Waals surface area contributed by atoms with E-state index >= 15 is 0 Å². The Morgan fingerprint density at radius 3 is 2.89 bits per heavy atom. The number of fused-ring (bicyclic) bond motifs is 1. The van der Waals surface area contributed by atoms with Crippen LogP contribution >= 0.6 is 11.6 Å². The summed E-state index contributed by atoms with van der Waals surface area (Å²) < 4.78 is 13.5. The lowest BCUT2D eigenvalue weighted by Crippen LogP contribution is -2.03. The van der Waals surface area contributed by atoms with Crippen LogP contribution in [0.3, 0.4) is 0 Å². The maximum absolute atomic E-state index is 12.2. The summed E-state index contributed by atoms with van der Waals surface area (Å²) in [7, 11) is 0. The van der Waals surface area contributed by atoms with E-state index in [9.17, 15) is 14.5 Å². The van der Waals surface area contributed by atoms with Gasteiger partial charge in [0.15, 0.2) is 5.82 Å². The third kappa shape index (κ3) is 1.97. The first-order valence-corrected chi connectivity index (χ1v) is 5.59. The Morgan fingerprint density at radius 2 is 2.28 bits per heavy atom. The van der Waals surface area contributed by atoms with Crippen molar-refractivity contribution in [2.75, 3.05) is 12.4 Å². The summed E-state index contributed by atoms with van der Waals surface area (Å²) in [6.45, 7) is -0.318. The van der Waals surface area contributed by atoms with Crippen LogP contribution in [-0.4, -0.2) is 21.4 Å². The Morgan fingerprint density at radius 1 is 1.56 bits per heavy atom. The second-order valence-corrected chi connectivity index (χ2v) is 4.11. The maximum Gasteiger partial charge on any atom is 0.295 e. The van der Waals surface area contributed by atoms with Gasteiger partial charge in [-0.3, -0.25) is 19.2 Å². The number of nitrogens with zero attached hydrogens (tertiary/aromatic N) is 3. The third-order valence-corrected chi connectivity index (χ3v) is 2.86. The first-order chi connectivity index (χ1) is 8.56. The molecule has 1 aromatic carbocycles. The minimum absolute atomic E-state index is 0.109. The van der Waals surface area contributed by atoms with Crippen molar-refractivity contribution in [1.82, 2.24) is 9.78 Å². The number of rotatable bonds is 4. The first kappa shape index (κ1) is 12.6. The molecule has 0 saturated heterocycles. The number of aromatic nitrogens is 2. The van der Waals surface area contributed by atoms with Crippen molar-refractivity contribution in [2.45, 2.75) is 13.0 Å². The molecule has 0 fully saturated rings. The standard InChI is InChI=1S/C10H10ClFN4O2/c11-6-2-3-7(16(17)18)9-8(6)10(13)14-15(9)5-1-4-12/h2-3H,1,4-5H2,(H2,13,14). The summed E-state index contributed by atoms with van der Waals surface area (Å²) in [5, 5.41) is 15.6. The van der Waals surface area contributed by atoms with Crippen LogP contribution < -0.4 is 5.73 Å². The number of nitrogens with two attached hydrogens (primary N) is 1. The van der Waals surface area contributed by atoms with Crippen LogP contribution in [0.1, 0.15) is 6.42 Å². The first-order valence-electron chi connectivity index (χ1n) is 5.21. The maximum atomic E-state index is 12.2. The highest BCUT2D eigenvalue weighted by Gasteiger charge is 2.21. The van der Waals surface area contributed by atoms with E-state index in [2.05, 4.69) is 5.10 Å². The van der Waals surface area contributed by atoms with Gasteiger partial charge in [-0.25, -0.2) is 0 Å². The van der Waals surface area contributed by atoms with E-state index in [1.165, 1.54) is 16.8 Å². The molecular weight excluding hydrogens is 263 g/mol. The summed E-state index contributed by atoms with van der Waals surface area (Å²) in [4.78, 5) is 10.4. The van der Waals surface area contributed by atoms with Crippen molar-refractivity contribution in [1.29, 1.82) is 0 Å². The number of non-ortho nitro benzene ring substituents is 1. The zero-order valence-corrected chi connectivity index (χ0v) is 10.0. The number of nitrogen functional groups attached to an aromatic ring is 1. The number of benzene rings is 1. The normalized spacial score (nSPS) is 11.0. The molecule has 18 heavy (non-hydrogen) atoms. The van der Waals surface area contributed by atoms with Crippen LogP contribution in [0.15, 0.2) is 12.1 Å². The Bertz CT molecular complexity index is 613. The van der Waals surface area contributed by atoms with Gasteiger partial charge in [0.1, 0.15) is 5.52 Å². The summed E-state index contributed by atoms with van der Waals surface area (Å²) in [5.41, 5.74) is 5.78. The summed E-state index contributed by atoms with van der Waals surface area (Å²) in [6.07, 6.45) is 0.208. The zero-order chi connectivity index (χ0) is 13.3. The van der Waals surface area contributed by atoms with Gasteiger partial charge < -0.3 is 5.73 Å². The van der Waals surface area contributed by atoms with Crippen molar-refractivity contribution in [3.63, 3.8) is 0 Å². The number of alkyl halides is 1. The lowest BCUT2D eigenvalue weighted by molar-refractivity contribution is -0.383. The second kappa shape index (κ2) is 4.77.